The van der Waals surface area contributed by atoms with Gasteiger partial charge >= 0.3 is 5.97 Å². The maximum atomic E-state index is 12.0. The average Bonchev–Trinajstić information content (AvgIpc) is 2.43. The molecule has 0 atom stereocenters. The third kappa shape index (κ3) is 5.85. The van der Waals surface area contributed by atoms with Crippen LogP contribution in [0.25, 0.3) is 0 Å². The van der Waals surface area contributed by atoms with Crippen LogP contribution in [-0.2, 0) is 9.59 Å². The summed E-state index contributed by atoms with van der Waals surface area (Å²) in [4.78, 5) is 24.0. The summed E-state index contributed by atoms with van der Waals surface area (Å²) < 4.78 is 5.57. The molecule has 1 rings (SSSR count). The highest BCUT2D eigenvalue weighted by atomic mass is 16.5. The first-order chi connectivity index (χ1) is 9.93. The molecule has 1 amide bonds. The molecule has 0 aliphatic carbocycles. The van der Waals surface area contributed by atoms with E-state index >= 15 is 0 Å². The molecule has 0 fully saturated rings. The van der Waals surface area contributed by atoms with Gasteiger partial charge in [-0.05, 0) is 44.0 Å². The Morgan fingerprint density at radius 2 is 1.90 bits per heavy atom. The van der Waals surface area contributed by atoms with E-state index in [1.54, 1.807) is 0 Å². The zero-order valence-electron chi connectivity index (χ0n) is 12.9. The SMILES string of the molecule is CCN(CCC(=O)O)C(=O)CCOc1ccc(C)c(C)c1. The first-order valence-electron chi connectivity index (χ1n) is 7.13. The van der Waals surface area contributed by atoms with Crippen LogP contribution in [0.2, 0.25) is 0 Å². The van der Waals surface area contributed by atoms with Crippen LogP contribution in [0.4, 0.5) is 0 Å². The van der Waals surface area contributed by atoms with Crippen molar-refractivity contribution in [2.75, 3.05) is 19.7 Å². The van der Waals surface area contributed by atoms with E-state index in [0.717, 1.165) is 11.3 Å². The fourth-order valence-corrected chi connectivity index (χ4v) is 1.91. The number of aliphatic carboxylic acids is 1. The van der Waals surface area contributed by atoms with Crippen LogP contribution in [0.5, 0.6) is 5.75 Å². The number of hydrogen-bond acceptors (Lipinski definition) is 3. The molecular formula is C16H23NO4. The Labute approximate surface area is 125 Å². The van der Waals surface area contributed by atoms with Crippen molar-refractivity contribution >= 4 is 11.9 Å². The van der Waals surface area contributed by atoms with Gasteiger partial charge in [0.1, 0.15) is 5.75 Å². The van der Waals surface area contributed by atoms with Gasteiger partial charge in [0.05, 0.1) is 19.4 Å². The van der Waals surface area contributed by atoms with Gasteiger partial charge in [-0.25, -0.2) is 0 Å². The lowest BCUT2D eigenvalue weighted by atomic mass is 10.1. The molecule has 21 heavy (non-hydrogen) atoms. The third-order valence-corrected chi connectivity index (χ3v) is 3.39. The van der Waals surface area contributed by atoms with Crippen LogP contribution in [0.15, 0.2) is 18.2 Å². The molecular weight excluding hydrogens is 270 g/mol. The number of nitrogens with zero attached hydrogens (tertiary/aromatic N) is 1. The fraction of sp³-hybridized carbons (Fsp3) is 0.500. The molecule has 0 spiro atoms. The lowest BCUT2D eigenvalue weighted by Gasteiger charge is -2.20. The van der Waals surface area contributed by atoms with Crippen molar-refractivity contribution in [2.45, 2.75) is 33.6 Å². The van der Waals surface area contributed by atoms with Crippen LogP contribution < -0.4 is 4.74 Å². The highest BCUT2D eigenvalue weighted by Crippen LogP contribution is 2.16. The molecule has 1 aromatic carbocycles. The number of ether oxygens (including phenoxy) is 1. The second-order valence-corrected chi connectivity index (χ2v) is 4.96. The minimum absolute atomic E-state index is 0.0302. The largest absolute Gasteiger partial charge is 0.493 e. The van der Waals surface area contributed by atoms with Gasteiger partial charge in [0.2, 0.25) is 5.91 Å². The molecule has 0 saturated heterocycles. The molecule has 1 aromatic rings. The maximum absolute atomic E-state index is 12.0. The molecule has 0 aromatic heterocycles. The summed E-state index contributed by atoms with van der Waals surface area (Å²) in [5.74, 6) is -0.227. The number of carboxylic acid groups (broad SMARTS) is 1. The molecule has 1 N–H and O–H groups in total. The Bertz CT molecular complexity index is 499. The first-order valence-corrected chi connectivity index (χ1v) is 7.13. The van der Waals surface area contributed by atoms with Crippen LogP contribution in [-0.4, -0.2) is 41.6 Å². The van der Waals surface area contributed by atoms with Crippen molar-refractivity contribution in [3.8, 4) is 5.75 Å². The van der Waals surface area contributed by atoms with Gasteiger partial charge < -0.3 is 14.7 Å². The highest BCUT2D eigenvalue weighted by Gasteiger charge is 2.13. The van der Waals surface area contributed by atoms with Crippen molar-refractivity contribution in [1.29, 1.82) is 0 Å². The average molecular weight is 293 g/mol. The number of carbonyl (C=O) groups is 2. The molecule has 116 valence electrons. The standard InChI is InChI=1S/C16H23NO4/c1-4-17(9-7-16(19)20)15(18)8-10-21-14-6-5-12(2)13(3)11-14/h5-6,11H,4,7-10H2,1-3H3,(H,19,20). The lowest BCUT2D eigenvalue weighted by Crippen LogP contribution is -2.33. The summed E-state index contributed by atoms with van der Waals surface area (Å²) in [5, 5.41) is 8.65. The molecule has 0 heterocycles. The van der Waals surface area contributed by atoms with Gasteiger partial charge in [-0.1, -0.05) is 6.07 Å². The number of aryl methyl sites for hydroxylation is 2. The monoisotopic (exact) mass is 293 g/mol. The second kappa shape index (κ2) is 8.29. The van der Waals surface area contributed by atoms with E-state index in [9.17, 15) is 9.59 Å². The van der Waals surface area contributed by atoms with E-state index < -0.39 is 5.97 Å². The summed E-state index contributed by atoms with van der Waals surface area (Å²) in [7, 11) is 0. The molecule has 5 heteroatoms. The van der Waals surface area contributed by atoms with Crippen molar-refractivity contribution in [1.82, 2.24) is 4.90 Å². The van der Waals surface area contributed by atoms with E-state index in [1.165, 1.54) is 10.5 Å². The molecule has 0 aliphatic rings. The third-order valence-electron chi connectivity index (χ3n) is 3.39. The van der Waals surface area contributed by atoms with Crippen LogP contribution >= 0.6 is 0 Å². The number of carbonyl (C=O) groups excluding carboxylic acids is 1. The van der Waals surface area contributed by atoms with Crippen LogP contribution in [0.1, 0.15) is 30.9 Å². The van der Waals surface area contributed by atoms with E-state index in [1.807, 2.05) is 39.0 Å². The van der Waals surface area contributed by atoms with Gasteiger partial charge in [-0.3, -0.25) is 9.59 Å². The summed E-state index contributed by atoms with van der Waals surface area (Å²) in [6, 6.07) is 5.81. The van der Waals surface area contributed by atoms with Crippen LogP contribution in [0, 0.1) is 13.8 Å². The molecule has 0 saturated carbocycles. The van der Waals surface area contributed by atoms with E-state index in [0.29, 0.717) is 13.2 Å². The Kier molecular flexibility index (Phi) is 6.72. The van der Waals surface area contributed by atoms with E-state index in [4.69, 9.17) is 9.84 Å². The normalized spacial score (nSPS) is 10.2. The first kappa shape index (κ1) is 17.0. The summed E-state index contributed by atoms with van der Waals surface area (Å²) in [5.41, 5.74) is 2.35. The fourth-order valence-electron chi connectivity index (χ4n) is 1.91. The molecule has 0 radical (unpaired) electrons. The van der Waals surface area contributed by atoms with Crippen molar-refractivity contribution in [3.63, 3.8) is 0 Å². The molecule has 0 unspecified atom stereocenters. The van der Waals surface area contributed by atoms with E-state index in [-0.39, 0.29) is 25.3 Å². The predicted octanol–water partition coefficient (Wildman–Crippen LogP) is 2.40. The quantitative estimate of drug-likeness (QED) is 0.799. The number of carboxylic acids is 1. The minimum Gasteiger partial charge on any atom is -0.493 e. The van der Waals surface area contributed by atoms with Gasteiger partial charge in [-0.15, -0.1) is 0 Å². The number of rotatable bonds is 8. The minimum atomic E-state index is -0.896. The Morgan fingerprint density at radius 3 is 2.48 bits per heavy atom. The highest BCUT2D eigenvalue weighted by molar-refractivity contribution is 5.77. The molecule has 0 aliphatic heterocycles. The van der Waals surface area contributed by atoms with Gasteiger partial charge in [0, 0.05) is 13.1 Å². The summed E-state index contributed by atoms with van der Waals surface area (Å²) >= 11 is 0. The van der Waals surface area contributed by atoms with Crippen molar-refractivity contribution in [2.24, 2.45) is 0 Å². The zero-order chi connectivity index (χ0) is 15.8. The van der Waals surface area contributed by atoms with Crippen molar-refractivity contribution in [3.05, 3.63) is 29.3 Å². The smallest absolute Gasteiger partial charge is 0.305 e. The van der Waals surface area contributed by atoms with Gasteiger partial charge in [0.15, 0.2) is 0 Å². The Hall–Kier alpha value is -2.04. The number of hydrogen-bond donors (Lipinski definition) is 1. The number of amides is 1. The Balaban J connectivity index is 2.40. The van der Waals surface area contributed by atoms with E-state index in [2.05, 4.69) is 0 Å². The summed E-state index contributed by atoms with van der Waals surface area (Å²) in [6.07, 6.45) is 0.220. The van der Waals surface area contributed by atoms with Crippen LogP contribution in [0.3, 0.4) is 0 Å². The van der Waals surface area contributed by atoms with Gasteiger partial charge in [-0.2, -0.15) is 0 Å². The summed E-state index contributed by atoms with van der Waals surface area (Å²) in [6.45, 7) is 6.93. The Morgan fingerprint density at radius 1 is 1.19 bits per heavy atom. The van der Waals surface area contributed by atoms with Crippen molar-refractivity contribution < 1.29 is 19.4 Å². The number of benzene rings is 1. The second-order valence-electron chi connectivity index (χ2n) is 4.96. The zero-order valence-corrected chi connectivity index (χ0v) is 12.9. The maximum Gasteiger partial charge on any atom is 0.305 e. The molecule has 0 bridgehead atoms. The molecule has 5 nitrogen and oxygen atoms in total. The van der Waals surface area contributed by atoms with Gasteiger partial charge in [0.25, 0.3) is 0 Å². The lowest BCUT2D eigenvalue weighted by molar-refractivity contribution is -0.138. The predicted molar refractivity (Wildman–Crippen MR) is 80.5 cm³/mol. The topological polar surface area (TPSA) is 66.8 Å².